The van der Waals surface area contributed by atoms with Gasteiger partial charge in [0.2, 0.25) is 5.91 Å². The van der Waals surface area contributed by atoms with E-state index in [0.29, 0.717) is 66.0 Å². The van der Waals surface area contributed by atoms with Crippen molar-refractivity contribution in [3.05, 3.63) is 33.5 Å². The molecule has 0 atom stereocenters. The second kappa shape index (κ2) is 17.4. The van der Waals surface area contributed by atoms with Crippen LogP contribution in [-0.2, 0) is 28.5 Å². The van der Waals surface area contributed by atoms with Gasteiger partial charge in [-0.2, -0.15) is 0 Å². The molecule has 31 heavy (non-hydrogen) atoms. The Labute approximate surface area is 183 Å². The SMILES string of the molecule is Cc1cc(C)c(NC(=O)COCCOCCOCCOCCOCCN=[N+]=[N-])c(C)n1. The molecule has 0 spiro atoms. The topological polar surface area (TPSA) is 137 Å². The quantitative estimate of drug-likeness (QED) is 0.160. The van der Waals surface area contributed by atoms with E-state index in [0.717, 1.165) is 22.6 Å². The van der Waals surface area contributed by atoms with Crippen LogP contribution in [-0.4, -0.2) is 83.5 Å². The van der Waals surface area contributed by atoms with Crippen molar-refractivity contribution in [1.82, 2.24) is 4.98 Å². The molecule has 0 bridgehead atoms. The first-order chi connectivity index (χ1) is 15.0. The van der Waals surface area contributed by atoms with E-state index in [1.54, 1.807) is 0 Å². The maximum absolute atomic E-state index is 12.0. The van der Waals surface area contributed by atoms with Crippen molar-refractivity contribution in [3.63, 3.8) is 0 Å². The number of anilines is 1. The van der Waals surface area contributed by atoms with E-state index in [2.05, 4.69) is 20.3 Å². The summed E-state index contributed by atoms with van der Waals surface area (Å²) in [5.74, 6) is -0.221. The van der Waals surface area contributed by atoms with Gasteiger partial charge in [0, 0.05) is 17.2 Å². The summed E-state index contributed by atoms with van der Waals surface area (Å²) in [6.45, 7) is 9.81. The molecule has 174 valence electrons. The Balaban J connectivity index is 1.89. The zero-order valence-corrected chi connectivity index (χ0v) is 18.6. The summed E-state index contributed by atoms with van der Waals surface area (Å²) in [5.41, 5.74) is 11.5. The fraction of sp³-hybridized carbons (Fsp3) is 0.700. The van der Waals surface area contributed by atoms with E-state index < -0.39 is 0 Å². The highest BCUT2D eigenvalue weighted by Crippen LogP contribution is 2.18. The van der Waals surface area contributed by atoms with Gasteiger partial charge in [-0.05, 0) is 37.9 Å². The number of nitrogens with zero attached hydrogens (tertiary/aromatic N) is 4. The van der Waals surface area contributed by atoms with Crippen LogP contribution < -0.4 is 5.32 Å². The number of carbonyl (C=O) groups is 1. The zero-order valence-electron chi connectivity index (χ0n) is 18.6. The lowest BCUT2D eigenvalue weighted by Gasteiger charge is -2.12. The number of carbonyl (C=O) groups excluding carboxylic acids is 1. The fourth-order valence-corrected chi connectivity index (χ4v) is 2.58. The summed E-state index contributed by atoms with van der Waals surface area (Å²) in [6.07, 6.45) is 0. The Morgan fingerprint density at radius 2 is 1.45 bits per heavy atom. The lowest BCUT2D eigenvalue weighted by atomic mass is 10.1. The normalized spacial score (nSPS) is 10.7. The summed E-state index contributed by atoms with van der Waals surface area (Å²) in [4.78, 5) is 19.0. The third-order valence-corrected chi connectivity index (χ3v) is 3.91. The minimum atomic E-state index is -0.221. The number of nitrogens with one attached hydrogen (secondary N) is 1. The third-order valence-electron chi connectivity index (χ3n) is 3.91. The number of ether oxygens (including phenoxy) is 5. The molecule has 11 heteroatoms. The molecule has 0 saturated carbocycles. The lowest BCUT2D eigenvalue weighted by Crippen LogP contribution is -2.21. The van der Waals surface area contributed by atoms with Gasteiger partial charge in [0.05, 0.1) is 70.8 Å². The number of rotatable bonds is 18. The minimum absolute atomic E-state index is 0.0425. The van der Waals surface area contributed by atoms with E-state index in [9.17, 15) is 4.79 Å². The van der Waals surface area contributed by atoms with Crippen LogP contribution in [0.15, 0.2) is 11.2 Å². The Bertz CT molecular complexity index is 674. The number of hydrogen-bond donors (Lipinski definition) is 1. The highest BCUT2D eigenvalue weighted by molar-refractivity contribution is 5.93. The Kier molecular flexibility index (Phi) is 15.0. The molecule has 0 aromatic carbocycles. The average Bonchev–Trinajstić information content (AvgIpc) is 2.73. The van der Waals surface area contributed by atoms with E-state index in [1.165, 1.54) is 0 Å². The predicted octanol–water partition coefficient (Wildman–Crippen LogP) is 2.34. The van der Waals surface area contributed by atoms with Crippen LogP contribution in [0.1, 0.15) is 17.0 Å². The number of azide groups is 1. The second-order valence-electron chi connectivity index (χ2n) is 6.55. The van der Waals surface area contributed by atoms with Crippen LogP contribution in [0.3, 0.4) is 0 Å². The molecular weight excluding hydrogens is 406 g/mol. The van der Waals surface area contributed by atoms with E-state index >= 15 is 0 Å². The summed E-state index contributed by atoms with van der Waals surface area (Å²) in [5, 5.41) is 6.19. The van der Waals surface area contributed by atoms with E-state index in [-0.39, 0.29) is 12.5 Å². The molecule has 11 nitrogen and oxygen atoms in total. The van der Waals surface area contributed by atoms with Crippen LogP contribution in [0.2, 0.25) is 0 Å². The van der Waals surface area contributed by atoms with E-state index in [4.69, 9.17) is 29.2 Å². The van der Waals surface area contributed by atoms with E-state index in [1.807, 2.05) is 26.8 Å². The number of hydrogen-bond acceptors (Lipinski definition) is 8. The van der Waals surface area contributed by atoms with Gasteiger partial charge in [-0.3, -0.25) is 9.78 Å². The van der Waals surface area contributed by atoms with Crippen molar-refractivity contribution in [2.24, 2.45) is 5.11 Å². The number of amides is 1. The number of aryl methyl sites for hydroxylation is 3. The molecular formula is C20H33N5O6. The van der Waals surface area contributed by atoms with Gasteiger partial charge in [0.15, 0.2) is 0 Å². The fourth-order valence-electron chi connectivity index (χ4n) is 2.58. The third kappa shape index (κ3) is 13.6. The molecule has 0 aliphatic carbocycles. The summed E-state index contributed by atoms with van der Waals surface area (Å²) in [6, 6.07) is 1.93. The van der Waals surface area contributed by atoms with Crippen LogP contribution in [0.25, 0.3) is 10.4 Å². The molecule has 0 fully saturated rings. The predicted molar refractivity (Wildman–Crippen MR) is 115 cm³/mol. The molecule has 0 aliphatic heterocycles. The number of pyridine rings is 1. The van der Waals surface area contributed by atoms with Gasteiger partial charge in [-0.25, -0.2) is 0 Å². The van der Waals surface area contributed by atoms with Crippen molar-refractivity contribution in [3.8, 4) is 0 Å². The van der Waals surface area contributed by atoms with Crippen LogP contribution >= 0.6 is 0 Å². The minimum Gasteiger partial charge on any atom is -0.379 e. The number of aromatic nitrogens is 1. The maximum atomic E-state index is 12.0. The highest BCUT2D eigenvalue weighted by atomic mass is 16.6. The van der Waals surface area contributed by atoms with Crippen LogP contribution in [0.5, 0.6) is 0 Å². The van der Waals surface area contributed by atoms with Gasteiger partial charge < -0.3 is 29.0 Å². The monoisotopic (exact) mass is 439 g/mol. The molecule has 0 aliphatic rings. The molecule has 1 rings (SSSR count). The molecule has 1 amide bonds. The first-order valence-corrected chi connectivity index (χ1v) is 10.2. The Morgan fingerprint density at radius 3 is 1.97 bits per heavy atom. The molecule has 1 aromatic heterocycles. The Morgan fingerprint density at radius 1 is 0.935 bits per heavy atom. The van der Waals surface area contributed by atoms with Crippen molar-refractivity contribution < 1.29 is 28.5 Å². The Hall–Kier alpha value is -2.27. The smallest absolute Gasteiger partial charge is 0.250 e. The van der Waals surface area contributed by atoms with Gasteiger partial charge in [0.25, 0.3) is 0 Å². The highest BCUT2D eigenvalue weighted by Gasteiger charge is 2.09. The summed E-state index contributed by atoms with van der Waals surface area (Å²) >= 11 is 0. The van der Waals surface area contributed by atoms with Crippen LogP contribution in [0, 0.1) is 20.8 Å². The molecule has 1 heterocycles. The lowest BCUT2D eigenvalue weighted by molar-refractivity contribution is -0.121. The van der Waals surface area contributed by atoms with Gasteiger partial charge in [-0.15, -0.1) is 0 Å². The van der Waals surface area contributed by atoms with Crippen molar-refractivity contribution >= 4 is 11.6 Å². The van der Waals surface area contributed by atoms with Gasteiger partial charge >= 0.3 is 0 Å². The largest absolute Gasteiger partial charge is 0.379 e. The van der Waals surface area contributed by atoms with Crippen molar-refractivity contribution in [2.75, 3.05) is 77.9 Å². The first-order valence-electron chi connectivity index (χ1n) is 10.2. The average molecular weight is 440 g/mol. The maximum Gasteiger partial charge on any atom is 0.250 e. The molecule has 0 radical (unpaired) electrons. The van der Waals surface area contributed by atoms with Crippen molar-refractivity contribution in [2.45, 2.75) is 20.8 Å². The summed E-state index contributed by atoms with van der Waals surface area (Å²) in [7, 11) is 0. The first kappa shape index (κ1) is 26.8. The second-order valence-corrected chi connectivity index (χ2v) is 6.55. The zero-order chi connectivity index (χ0) is 22.7. The standard InChI is InChI=1S/C20H33N5O6/c1-16-14-17(2)23-18(3)20(16)24-19(26)15-31-13-12-30-11-10-29-9-8-28-7-6-27-5-4-22-25-21/h14H,4-13,15H2,1-3H3,(H,24,26). The molecule has 0 unspecified atom stereocenters. The van der Waals surface area contributed by atoms with Crippen LogP contribution in [0.4, 0.5) is 5.69 Å². The van der Waals surface area contributed by atoms with Crippen molar-refractivity contribution in [1.29, 1.82) is 0 Å². The molecule has 1 N–H and O–H groups in total. The summed E-state index contributed by atoms with van der Waals surface area (Å²) < 4.78 is 26.6. The molecule has 0 saturated heterocycles. The van der Waals surface area contributed by atoms with Gasteiger partial charge in [-0.1, -0.05) is 5.11 Å². The van der Waals surface area contributed by atoms with Gasteiger partial charge in [0.1, 0.15) is 6.61 Å². The molecule has 1 aromatic rings.